The Hall–Kier alpha value is -2.38. The lowest BCUT2D eigenvalue weighted by atomic mass is 10.2. The van der Waals surface area contributed by atoms with Crippen LogP contribution < -0.4 is 11.2 Å². The third-order valence-electron chi connectivity index (χ3n) is 4.48. The summed E-state index contributed by atoms with van der Waals surface area (Å²) in [4.78, 5) is 42.8. The normalized spacial score (nSPS) is 15.8. The molecular formula is C15H21N5O3. The average molecular weight is 319 g/mol. The fraction of sp³-hybridized carbons (Fsp3) is 0.600. The molecule has 0 bridgehead atoms. The third kappa shape index (κ3) is 2.69. The van der Waals surface area contributed by atoms with E-state index in [1.54, 1.807) is 11.6 Å². The average Bonchev–Trinajstić information content (AvgIpc) is 2.77. The molecule has 1 fully saturated rings. The fourth-order valence-electron chi connectivity index (χ4n) is 3.08. The van der Waals surface area contributed by atoms with Gasteiger partial charge in [0.1, 0.15) is 6.54 Å². The standard InChI is InChI=1S/C15H21N5O3/c1-17-13-12(14(22)18(2)15(17)23)20(10-16-13)9-11(21)19-7-5-3-4-6-8-19/h10H,3-9H2,1-2H3. The number of nitrogens with zero attached hydrogens (tertiary/aromatic N) is 5. The monoisotopic (exact) mass is 319 g/mol. The van der Waals surface area contributed by atoms with Gasteiger partial charge in [0, 0.05) is 27.2 Å². The molecule has 0 radical (unpaired) electrons. The van der Waals surface area contributed by atoms with E-state index in [0.717, 1.165) is 43.3 Å². The summed E-state index contributed by atoms with van der Waals surface area (Å²) in [5, 5.41) is 0. The van der Waals surface area contributed by atoms with E-state index in [2.05, 4.69) is 4.98 Å². The van der Waals surface area contributed by atoms with Gasteiger partial charge >= 0.3 is 5.69 Å². The van der Waals surface area contributed by atoms with Gasteiger partial charge < -0.3 is 9.47 Å². The highest BCUT2D eigenvalue weighted by molar-refractivity contribution is 5.79. The van der Waals surface area contributed by atoms with E-state index in [1.807, 2.05) is 4.90 Å². The number of imidazole rings is 1. The van der Waals surface area contributed by atoms with Crippen LogP contribution in [0.4, 0.5) is 0 Å². The van der Waals surface area contributed by atoms with Crippen LogP contribution in [0.5, 0.6) is 0 Å². The number of hydrogen-bond donors (Lipinski definition) is 0. The van der Waals surface area contributed by atoms with Gasteiger partial charge in [0.05, 0.1) is 6.33 Å². The van der Waals surface area contributed by atoms with Gasteiger partial charge in [0.15, 0.2) is 11.2 Å². The first-order valence-corrected chi connectivity index (χ1v) is 7.89. The number of hydrogen-bond acceptors (Lipinski definition) is 4. The molecule has 8 nitrogen and oxygen atoms in total. The van der Waals surface area contributed by atoms with Crippen molar-refractivity contribution in [3.63, 3.8) is 0 Å². The van der Waals surface area contributed by atoms with Gasteiger partial charge in [-0.1, -0.05) is 12.8 Å². The second-order valence-corrected chi connectivity index (χ2v) is 6.05. The maximum Gasteiger partial charge on any atom is 0.332 e. The van der Waals surface area contributed by atoms with Crippen molar-refractivity contribution in [2.24, 2.45) is 14.1 Å². The molecular weight excluding hydrogens is 298 g/mol. The van der Waals surface area contributed by atoms with Gasteiger partial charge in [0.2, 0.25) is 5.91 Å². The molecule has 3 rings (SSSR count). The van der Waals surface area contributed by atoms with Crippen molar-refractivity contribution < 1.29 is 4.79 Å². The molecule has 0 unspecified atom stereocenters. The van der Waals surface area contributed by atoms with Gasteiger partial charge in [-0.05, 0) is 12.8 Å². The summed E-state index contributed by atoms with van der Waals surface area (Å²) >= 11 is 0. The number of amides is 1. The molecule has 3 heterocycles. The number of fused-ring (bicyclic) bond motifs is 1. The number of carbonyl (C=O) groups is 1. The van der Waals surface area contributed by atoms with Crippen molar-refractivity contribution in [3.8, 4) is 0 Å². The molecule has 23 heavy (non-hydrogen) atoms. The van der Waals surface area contributed by atoms with E-state index in [4.69, 9.17) is 0 Å². The second-order valence-electron chi connectivity index (χ2n) is 6.05. The summed E-state index contributed by atoms with van der Waals surface area (Å²) in [6.45, 7) is 1.61. The third-order valence-corrected chi connectivity index (χ3v) is 4.48. The first kappa shape index (κ1) is 15.5. The quantitative estimate of drug-likeness (QED) is 0.770. The van der Waals surface area contributed by atoms with E-state index in [9.17, 15) is 14.4 Å². The molecule has 124 valence electrons. The van der Waals surface area contributed by atoms with E-state index in [-0.39, 0.29) is 18.0 Å². The van der Waals surface area contributed by atoms with Crippen LogP contribution in [0.2, 0.25) is 0 Å². The molecule has 0 spiro atoms. The van der Waals surface area contributed by atoms with Gasteiger partial charge in [0.25, 0.3) is 5.56 Å². The van der Waals surface area contributed by atoms with Gasteiger partial charge in [-0.25, -0.2) is 9.78 Å². The van der Waals surface area contributed by atoms with E-state index < -0.39 is 11.2 Å². The van der Waals surface area contributed by atoms with E-state index in [0.29, 0.717) is 5.65 Å². The molecule has 1 aliphatic rings. The Morgan fingerprint density at radius 1 is 1.09 bits per heavy atom. The molecule has 1 aliphatic heterocycles. The van der Waals surface area contributed by atoms with Crippen LogP contribution in [0.15, 0.2) is 15.9 Å². The molecule has 0 atom stereocenters. The van der Waals surface area contributed by atoms with Gasteiger partial charge in [-0.15, -0.1) is 0 Å². The zero-order chi connectivity index (χ0) is 16.6. The van der Waals surface area contributed by atoms with Crippen LogP contribution in [0, 0.1) is 0 Å². The zero-order valence-corrected chi connectivity index (χ0v) is 13.5. The Morgan fingerprint density at radius 3 is 2.39 bits per heavy atom. The molecule has 0 aromatic carbocycles. The number of aromatic nitrogens is 4. The predicted octanol–water partition coefficient (Wildman–Crippen LogP) is -0.164. The highest BCUT2D eigenvalue weighted by Crippen LogP contribution is 2.11. The lowest BCUT2D eigenvalue weighted by Gasteiger charge is -2.20. The molecule has 0 aliphatic carbocycles. The molecule has 0 N–H and O–H groups in total. The molecule has 1 saturated heterocycles. The number of likely N-dealkylation sites (tertiary alicyclic amines) is 1. The minimum Gasteiger partial charge on any atom is -0.341 e. The van der Waals surface area contributed by atoms with Crippen molar-refractivity contribution in [3.05, 3.63) is 27.2 Å². The summed E-state index contributed by atoms with van der Waals surface area (Å²) in [5.74, 6) is -0.0119. The molecule has 1 amide bonds. The minimum atomic E-state index is -0.427. The van der Waals surface area contributed by atoms with Crippen LogP contribution in [-0.4, -0.2) is 42.6 Å². The summed E-state index contributed by atoms with van der Waals surface area (Å²) in [7, 11) is 3.00. The van der Waals surface area contributed by atoms with Gasteiger partial charge in [-0.3, -0.25) is 18.7 Å². The lowest BCUT2D eigenvalue weighted by molar-refractivity contribution is -0.131. The van der Waals surface area contributed by atoms with Gasteiger partial charge in [-0.2, -0.15) is 0 Å². The van der Waals surface area contributed by atoms with Crippen LogP contribution in [-0.2, 0) is 25.4 Å². The Labute approximate surface area is 132 Å². The first-order chi connectivity index (χ1) is 11.0. The highest BCUT2D eigenvalue weighted by Gasteiger charge is 2.19. The Kier molecular flexibility index (Phi) is 4.06. The van der Waals surface area contributed by atoms with Crippen molar-refractivity contribution in [2.45, 2.75) is 32.2 Å². The van der Waals surface area contributed by atoms with Crippen LogP contribution >= 0.6 is 0 Å². The molecule has 2 aromatic rings. The largest absolute Gasteiger partial charge is 0.341 e. The minimum absolute atomic E-state index is 0.0119. The van der Waals surface area contributed by atoms with E-state index >= 15 is 0 Å². The number of aryl methyl sites for hydroxylation is 1. The maximum atomic E-state index is 12.5. The topological polar surface area (TPSA) is 82.1 Å². The van der Waals surface area contributed by atoms with Crippen molar-refractivity contribution in [2.75, 3.05) is 13.1 Å². The lowest BCUT2D eigenvalue weighted by Crippen LogP contribution is -2.38. The smallest absolute Gasteiger partial charge is 0.332 e. The zero-order valence-electron chi connectivity index (χ0n) is 13.5. The first-order valence-electron chi connectivity index (χ1n) is 7.89. The molecule has 8 heteroatoms. The van der Waals surface area contributed by atoms with Crippen molar-refractivity contribution in [1.29, 1.82) is 0 Å². The van der Waals surface area contributed by atoms with Crippen molar-refractivity contribution in [1.82, 2.24) is 23.6 Å². The van der Waals surface area contributed by atoms with Crippen LogP contribution in [0.25, 0.3) is 11.2 Å². The summed E-state index contributed by atoms with van der Waals surface area (Å²) in [6, 6.07) is 0. The summed E-state index contributed by atoms with van der Waals surface area (Å²) in [6.07, 6.45) is 5.81. The van der Waals surface area contributed by atoms with Crippen LogP contribution in [0.3, 0.4) is 0 Å². The number of rotatable bonds is 2. The Balaban J connectivity index is 1.96. The predicted molar refractivity (Wildman–Crippen MR) is 85.3 cm³/mol. The number of carbonyl (C=O) groups excluding carboxylic acids is 1. The van der Waals surface area contributed by atoms with E-state index in [1.165, 1.54) is 17.9 Å². The summed E-state index contributed by atoms with van der Waals surface area (Å²) < 4.78 is 3.91. The Morgan fingerprint density at radius 2 is 1.74 bits per heavy atom. The molecule has 2 aromatic heterocycles. The second kappa shape index (κ2) is 6.02. The maximum absolute atomic E-state index is 12.5. The molecule has 0 saturated carbocycles. The Bertz CT molecular complexity index is 852. The highest BCUT2D eigenvalue weighted by atomic mass is 16.2. The fourth-order valence-corrected chi connectivity index (χ4v) is 3.08. The van der Waals surface area contributed by atoms with Crippen molar-refractivity contribution >= 4 is 17.1 Å². The SMILES string of the molecule is Cn1c(=O)c2c(ncn2CC(=O)N2CCCCCC2)n(C)c1=O. The summed E-state index contributed by atoms with van der Waals surface area (Å²) in [5.41, 5.74) is -0.254. The van der Waals surface area contributed by atoms with Crippen LogP contribution in [0.1, 0.15) is 25.7 Å².